The van der Waals surface area contributed by atoms with Gasteiger partial charge in [-0.15, -0.1) is 0 Å². The monoisotopic (exact) mass is 252 g/mol. The molecule has 2 N–H and O–H groups in total. The van der Waals surface area contributed by atoms with Crippen LogP contribution in [0.5, 0.6) is 0 Å². The summed E-state index contributed by atoms with van der Waals surface area (Å²) in [5.74, 6) is 2.85. The summed E-state index contributed by atoms with van der Waals surface area (Å²) in [7, 11) is 0. The summed E-state index contributed by atoms with van der Waals surface area (Å²) >= 11 is 0. The second-order valence-electron chi connectivity index (χ2n) is 7.17. The lowest BCUT2D eigenvalue weighted by atomic mass is 9.89. The summed E-state index contributed by atoms with van der Waals surface area (Å²) in [6, 6.07) is 0. The molecule has 104 valence electrons. The molecule has 3 atom stereocenters. The molecule has 3 nitrogen and oxygen atoms in total. The van der Waals surface area contributed by atoms with Crippen molar-refractivity contribution in [2.45, 2.75) is 58.4 Å². The Hall–Kier alpha value is -0.570. The Balaban J connectivity index is 1.58. The van der Waals surface area contributed by atoms with E-state index in [1.807, 2.05) is 0 Å². The third-order valence-corrected chi connectivity index (χ3v) is 4.45. The minimum atomic E-state index is 0.102. The van der Waals surface area contributed by atoms with Crippen LogP contribution in [0.2, 0.25) is 0 Å². The fourth-order valence-electron chi connectivity index (χ4n) is 3.51. The summed E-state index contributed by atoms with van der Waals surface area (Å²) in [6.45, 7) is 8.06. The lowest BCUT2D eigenvalue weighted by Crippen LogP contribution is -2.39. The van der Waals surface area contributed by atoms with Gasteiger partial charge in [0.15, 0.2) is 0 Å². The van der Waals surface area contributed by atoms with Crippen LogP contribution in [0.4, 0.5) is 0 Å². The molecule has 0 aromatic heterocycles. The SMILES string of the molecule is CC(C)(C)NCCC(=O)NCC1CC2CCC1C2. The van der Waals surface area contributed by atoms with Gasteiger partial charge in [0.1, 0.15) is 0 Å². The third-order valence-electron chi connectivity index (χ3n) is 4.45. The molecule has 0 saturated heterocycles. The van der Waals surface area contributed by atoms with Crippen LogP contribution in [0.15, 0.2) is 0 Å². The summed E-state index contributed by atoms with van der Waals surface area (Å²) in [4.78, 5) is 11.7. The molecule has 0 radical (unpaired) electrons. The van der Waals surface area contributed by atoms with E-state index >= 15 is 0 Å². The lowest BCUT2D eigenvalue weighted by Gasteiger charge is -2.22. The molecule has 0 aromatic carbocycles. The molecular weight excluding hydrogens is 224 g/mol. The van der Waals surface area contributed by atoms with Gasteiger partial charge in [-0.25, -0.2) is 0 Å². The number of fused-ring (bicyclic) bond motifs is 2. The van der Waals surface area contributed by atoms with Crippen LogP contribution in [0.25, 0.3) is 0 Å². The number of hydrogen-bond donors (Lipinski definition) is 2. The normalized spacial score (nSPS) is 30.7. The van der Waals surface area contributed by atoms with Crippen molar-refractivity contribution in [3.05, 3.63) is 0 Å². The summed E-state index contributed by atoms with van der Waals surface area (Å²) in [5, 5.41) is 6.46. The maximum absolute atomic E-state index is 11.7. The van der Waals surface area contributed by atoms with Gasteiger partial charge < -0.3 is 10.6 Å². The molecule has 2 aliphatic rings. The fraction of sp³-hybridized carbons (Fsp3) is 0.933. The number of carbonyl (C=O) groups is 1. The molecule has 2 saturated carbocycles. The average Bonchev–Trinajstić information content (AvgIpc) is 2.86. The van der Waals surface area contributed by atoms with Crippen molar-refractivity contribution in [2.75, 3.05) is 13.1 Å². The average molecular weight is 252 g/mol. The molecule has 3 unspecified atom stereocenters. The van der Waals surface area contributed by atoms with Gasteiger partial charge in [0.2, 0.25) is 5.91 Å². The minimum absolute atomic E-state index is 0.102. The smallest absolute Gasteiger partial charge is 0.221 e. The van der Waals surface area contributed by atoms with Gasteiger partial charge in [0.05, 0.1) is 0 Å². The van der Waals surface area contributed by atoms with Crippen molar-refractivity contribution in [3.63, 3.8) is 0 Å². The molecule has 0 aliphatic heterocycles. The van der Waals surface area contributed by atoms with Crippen molar-refractivity contribution in [1.29, 1.82) is 0 Å². The molecule has 1 amide bonds. The third kappa shape index (κ3) is 3.98. The Kier molecular flexibility index (Phi) is 4.31. The predicted molar refractivity (Wildman–Crippen MR) is 74.3 cm³/mol. The summed E-state index contributed by atoms with van der Waals surface area (Å²) < 4.78 is 0. The van der Waals surface area contributed by atoms with E-state index in [4.69, 9.17) is 0 Å². The standard InChI is InChI=1S/C15H28N2O/c1-15(2,3)17-7-6-14(18)16-10-13-9-11-4-5-12(13)8-11/h11-13,17H,4-10H2,1-3H3,(H,16,18). The molecule has 2 bridgehead atoms. The van der Waals surface area contributed by atoms with Crippen molar-refractivity contribution >= 4 is 5.91 Å². The molecule has 18 heavy (non-hydrogen) atoms. The number of amides is 1. The Morgan fingerprint density at radius 3 is 2.56 bits per heavy atom. The summed E-state index contributed by atoms with van der Waals surface area (Å²) in [6.07, 6.45) is 6.21. The summed E-state index contributed by atoms with van der Waals surface area (Å²) in [5.41, 5.74) is 0.102. The first-order valence-corrected chi connectivity index (χ1v) is 7.46. The van der Waals surface area contributed by atoms with Crippen LogP contribution in [-0.4, -0.2) is 24.5 Å². The number of rotatable bonds is 5. The van der Waals surface area contributed by atoms with Crippen LogP contribution in [0.3, 0.4) is 0 Å². The maximum atomic E-state index is 11.7. The van der Waals surface area contributed by atoms with Gasteiger partial charge in [-0.3, -0.25) is 4.79 Å². The highest BCUT2D eigenvalue weighted by Gasteiger charge is 2.39. The van der Waals surface area contributed by atoms with Crippen molar-refractivity contribution in [1.82, 2.24) is 10.6 Å². The van der Waals surface area contributed by atoms with E-state index in [2.05, 4.69) is 31.4 Å². The lowest BCUT2D eigenvalue weighted by molar-refractivity contribution is -0.121. The molecule has 2 aliphatic carbocycles. The zero-order valence-electron chi connectivity index (χ0n) is 12.1. The first-order chi connectivity index (χ1) is 8.44. The number of hydrogen-bond acceptors (Lipinski definition) is 2. The van der Waals surface area contributed by atoms with Crippen LogP contribution >= 0.6 is 0 Å². The predicted octanol–water partition coefficient (Wildman–Crippen LogP) is 2.32. The molecule has 2 fully saturated rings. The molecule has 2 rings (SSSR count). The molecule has 0 aromatic rings. The van der Waals surface area contributed by atoms with Gasteiger partial charge in [-0.05, 0) is 57.8 Å². The van der Waals surface area contributed by atoms with E-state index in [-0.39, 0.29) is 11.4 Å². The van der Waals surface area contributed by atoms with Crippen LogP contribution < -0.4 is 10.6 Å². The van der Waals surface area contributed by atoms with Gasteiger partial charge in [-0.2, -0.15) is 0 Å². The Bertz CT molecular complexity index is 295. The molecule has 3 heteroatoms. The van der Waals surface area contributed by atoms with Crippen molar-refractivity contribution in [3.8, 4) is 0 Å². The Morgan fingerprint density at radius 1 is 1.22 bits per heavy atom. The van der Waals surface area contributed by atoms with E-state index in [9.17, 15) is 4.79 Å². The fourth-order valence-corrected chi connectivity index (χ4v) is 3.51. The highest BCUT2D eigenvalue weighted by Crippen LogP contribution is 2.47. The van der Waals surface area contributed by atoms with E-state index in [1.54, 1.807) is 0 Å². The van der Waals surface area contributed by atoms with Gasteiger partial charge in [0, 0.05) is 25.0 Å². The number of nitrogens with one attached hydrogen (secondary N) is 2. The van der Waals surface area contributed by atoms with Crippen LogP contribution in [0.1, 0.15) is 52.9 Å². The quantitative estimate of drug-likeness (QED) is 0.788. The zero-order valence-corrected chi connectivity index (χ0v) is 12.1. The maximum Gasteiger partial charge on any atom is 0.221 e. The molecular formula is C15H28N2O. The van der Waals surface area contributed by atoms with E-state index in [1.165, 1.54) is 25.7 Å². The largest absolute Gasteiger partial charge is 0.356 e. The first kappa shape index (κ1) is 13.9. The second-order valence-corrected chi connectivity index (χ2v) is 7.17. The minimum Gasteiger partial charge on any atom is -0.356 e. The van der Waals surface area contributed by atoms with Crippen LogP contribution in [0, 0.1) is 17.8 Å². The Labute approximate surface area is 111 Å². The van der Waals surface area contributed by atoms with Gasteiger partial charge in [0.25, 0.3) is 0 Å². The van der Waals surface area contributed by atoms with Gasteiger partial charge >= 0.3 is 0 Å². The first-order valence-electron chi connectivity index (χ1n) is 7.46. The topological polar surface area (TPSA) is 41.1 Å². The number of carbonyl (C=O) groups excluding carboxylic acids is 1. The van der Waals surface area contributed by atoms with Crippen molar-refractivity contribution < 1.29 is 4.79 Å². The molecule has 0 spiro atoms. The van der Waals surface area contributed by atoms with Gasteiger partial charge in [-0.1, -0.05) is 6.42 Å². The molecule has 0 heterocycles. The Morgan fingerprint density at radius 2 is 2.00 bits per heavy atom. The van der Waals surface area contributed by atoms with Crippen molar-refractivity contribution in [2.24, 2.45) is 17.8 Å². The van der Waals surface area contributed by atoms with Crippen LogP contribution in [-0.2, 0) is 4.79 Å². The zero-order chi connectivity index (χ0) is 13.2. The van der Waals surface area contributed by atoms with E-state index < -0.39 is 0 Å². The van der Waals surface area contributed by atoms with E-state index in [0.29, 0.717) is 6.42 Å². The van der Waals surface area contributed by atoms with E-state index in [0.717, 1.165) is 30.8 Å². The highest BCUT2D eigenvalue weighted by molar-refractivity contribution is 5.76. The highest BCUT2D eigenvalue weighted by atomic mass is 16.1. The second kappa shape index (κ2) is 5.60.